The topological polar surface area (TPSA) is 103 Å². The van der Waals surface area contributed by atoms with E-state index in [9.17, 15) is 15.1 Å². The monoisotopic (exact) mass is 306 g/mol. The van der Waals surface area contributed by atoms with Crippen molar-refractivity contribution in [2.45, 2.75) is 38.5 Å². The van der Waals surface area contributed by atoms with Gasteiger partial charge in [0.05, 0.1) is 18.2 Å². The average Bonchev–Trinajstić information content (AvgIpc) is 2.47. The summed E-state index contributed by atoms with van der Waals surface area (Å²) in [7, 11) is 0. The highest BCUT2D eigenvalue weighted by Gasteiger charge is 2.56. The van der Waals surface area contributed by atoms with Crippen molar-refractivity contribution >= 4 is 6.09 Å². The normalized spacial score (nSPS) is 22.0. The van der Waals surface area contributed by atoms with E-state index in [0.29, 0.717) is 16.9 Å². The van der Waals surface area contributed by atoms with E-state index in [4.69, 9.17) is 14.7 Å². The number of ether oxygens (including phenoxy) is 2. The van der Waals surface area contributed by atoms with E-state index in [0.717, 1.165) is 0 Å². The average molecular weight is 306 g/mol. The van der Waals surface area contributed by atoms with Crippen LogP contribution >= 0.6 is 0 Å². The highest BCUT2D eigenvalue weighted by molar-refractivity contribution is 5.67. The summed E-state index contributed by atoms with van der Waals surface area (Å²) in [5.41, 5.74) is -2.40. The van der Waals surface area contributed by atoms with Crippen LogP contribution in [0.1, 0.15) is 31.9 Å². The van der Waals surface area contributed by atoms with Gasteiger partial charge < -0.3 is 14.6 Å². The lowest BCUT2D eigenvalue weighted by molar-refractivity contribution is -0.296. The van der Waals surface area contributed by atoms with Crippen molar-refractivity contribution in [1.29, 1.82) is 5.26 Å². The van der Waals surface area contributed by atoms with Gasteiger partial charge in [-0.15, -0.1) is 0 Å². The van der Waals surface area contributed by atoms with Gasteiger partial charge in [0, 0.05) is 12.0 Å². The van der Waals surface area contributed by atoms with E-state index in [-0.39, 0.29) is 18.1 Å². The van der Waals surface area contributed by atoms with Gasteiger partial charge in [-0.2, -0.15) is 10.3 Å². The third kappa shape index (κ3) is 2.47. The molecule has 118 valence electrons. The second-order valence-corrected chi connectivity index (χ2v) is 5.55. The highest BCUT2D eigenvalue weighted by Crippen LogP contribution is 2.41. The van der Waals surface area contributed by atoms with Crippen molar-refractivity contribution in [1.82, 2.24) is 5.06 Å². The summed E-state index contributed by atoms with van der Waals surface area (Å²) in [6, 6.07) is 6.77. The minimum atomic E-state index is -2.03. The molecule has 0 radical (unpaired) electrons. The molecule has 2 N–H and O–H groups in total. The van der Waals surface area contributed by atoms with E-state index in [2.05, 4.69) is 0 Å². The molecule has 1 atom stereocenters. The Balaban J connectivity index is 2.43. The molecule has 1 unspecified atom stereocenters. The Kier molecular flexibility index (Phi) is 4.00. The molecular formula is C15H18N2O5. The largest absolute Gasteiger partial charge is 0.482 e. The smallest absolute Gasteiger partial charge is 0.436 e. The quantitative estimate of drug-likeness (QED) is 0.490. The summed E-state index contributed by atoms with van der Waals surface area (Å²) in [6.45, 7) is 4.75. The number of benzene rings is 1. The van der Waals surface area contributed by atoms with Gasteiger partial charge in [-0.05, 0) is 39.0 Å². The van der Waals surface area contributed by atoms with E-state index in [1.165, 1.54) is 0 Å². The fourth-order valence-corrected chi connectivity index (χ4v) is 2.39. The fourth-order valence-electron chi connectivity index (χ4n) is 2.39. The molecule has 22 heavy (non-hydrogen) atoms. The second kappa shape index (κ2) is 5.48. The third-order valence-corrected chi connectivity index (χ3v) is 3.75. The number of hydrogen-bond acceptors (Lipinski definition) is 6. The number of hydroxylamine groups is 2. The number of fused-ring (bicyclic) bond motifs is 1. The molecule has 0 aliphatic carbocycles. The van der Waals surface area contributed by atoms with Gasteiger partial charge >= 0.3 is 6.09 Å². The molecule has 7 heteroatoms. The van der Waals surface area contributed by atoms with Crippen molar-refractivity contribution in [3.8, 4) is 11.8 Å². The maximum Gasteiger partial charge on any atom is 0.436 e. The molecule has 0 fully saturated rings. The third-order valence-electron chi connectivity index (χ3n) is 3.75. The van der Waals surface area contributed by atoms with Crippen molar-refractivity contribution in [3.63, 3.8) is 0 Å². The van der Waals surface area contributed by atoms with Gasteiger partial charge in [-0.1, -0.05) is 0 Å². The Morgan fingerprint density at radius 3 is 2.82 bits per heavy atom. The van der Waals surface area contributed by atoms with Crippen LogP contribution in [0.2, 0.25) is 0 Å². The van der Waals surface area contributed by atoms with Crippen LogP contribution < -0.4 is 4.74 Å². The summed E-state index contributed by atoms with van der Waals surface area (Å²) in [5, 5.41) is 30.0. The summed E-state index contributed by atoms with van der Waals surface area (Å²) in [5.74, 6) is 0.492. The summed E-state index contributed by atoms with van der Waals surface area (Å²) >= 11 is 0. The molecular weight excluding hydrogens is 288 g/mol. The van der Waals surface area contributed by atoms with Crippen molar-refractivity contribution < 1.29 is 24.6 Å². The highest BCUT2D eigenvalue weighted by atomic mass is 16.7. The Morgan fingerprint density at radius 1 is 1.55 bits per heavy atom. The minimum Gasteiger partial charge on any atom is -0.482 e. The molecule has 0 aromatic heterocycles. The zero-order valence-corrected chi connectivity index (χ0v) is 12.7. The first kappa shape index (κ1) is 16.1. The van der Waals surface area contributed by atoms with Gasteiger partial charge in [0.25, 0.3) is 0 Å². The maximum atomic E-state index is 11.8. The predicted molar refractivity (Wildman–Crippen MR) is 75.2 cm³/mol. The summed E-state index contributed by atoms with van der Waals surface area (Å²) in [4.78, 5) is 11.8. The van der Waals surface area contributed by atoms with E-state index < -0.39 is 17.4 Å². The Bertz CT molecular complexity index is 637. The first-order valence-electron chi connectivity index (χ1n) is 6.85. The van der Waals surface area contributed by atoms with Gasteiger partial charge in [0.15, 0.2) is 5.60 Å². The Hall–Kier alpha value is -2.30. The number of aliphatic hydroxyl groups is 1. The lowest BCUT2D eigenvalue weighted by Gasteiger charge is -2.48. The zero-order valence-electron chi connectivity index (χ0n) is 12.7. The standard InChI is InChI=1S/C15H18N2O5/c1-4-21-13(18)17(20)15(19)8-11-7-10(9-16)5-6-12(11)22-14(15,2)3/h5-7,19-20H,4,8H2,1-3H3. The number of carbonyl (C=O) groups excluding carboxylic acids is 1. The molecule has 0 saturated carbocycles. The molecule has 2 rings (SSSR count). The van der Waals surface area contributed by atoms with Crippen LogP contribution in [0.25, 0.3) is 0 Å². The number of nitrogens with zero attached hydrogens (tertiary/aromatic N) is 2. The Labute approximate surface area is 128 Å². The molecule has 0 saturated heterocycles. The first-order chi connectivity index (χ1) is 10.2. The Morgan fingerprint density at radius 2 is 2.23 bits per heavy atom. The number of nitriles is 1. The number of carbonyl (C=O) groups is 1. The van der Waals surface area contributed by atoms with Gasteiger partial charge in [0.2, 0.25) is 5.72 Å². The van der Waals surface area contributed by atoms with Gasteiger partial charge in [-0.25, -0.2) is 4.79 Å². The number of hydrogen-bond donors (Lipinski definition) is 2. The molecule has 0 spiro atoms. The van der Waals surface area contributed by atoms with E-state index in [1.807, 2.05) is 6.07 Å². The molecule has 1 aliphatic heterocycles. The molecule has 0 bridgehead atoms. The fraction of sp³-hybridized carbons (Fsp3) is 0.467. The van der Waals surface area contributed by atoms with Crippen LogP contribution in [0.3, 0.4) is 0 Å². The van der Waals surface area contributed by atoms with Crippen LogP contribution in [-0.4, -0.2) is 39.4 Å². The van der Waals surface area contributed by atoms with Crippen molar-refractivity contribution in [2.24, 2.45) is 0 Å². The SMILES string of the molecule is CCOC(=O)N(O)C1(O)Cc2cc(C#N)ccc2OC1(C)C. The van der Waals surface area contributed by atoms with Crippen LogP contribution in [0.5, 0.6) is 5.75 Å². The molecule has 1 aliphatic rings. The lowest BCUT2D eigenvalue weighted by Crippen LogP contribution is -2.67. The van der Waals surface area contributed by atoms with Crippen LogP contribution in [0.4, 0.5) is 4.79 Å². The summed E-state index contributed by atoms with van der Waals surface area (Å²) < 4.78 is 10.4. The second-order valence-electron chi connectivity index (χ2n) is 5.55. The van der Waals surface area contributed by atoms with Crippen molar-refractivity contribution in [3.05, 3.63) is 29.3 Å². The zero-order chi connectivity index (χ0) is 16.5. The van der Waals surface area contributed by atoms with Crippen molar-refractivity contribution in [2.75, 3.05) is 6.61 Å². The molecule has 1 aromatic rings. The van der Waals surface area contributed by atoms with Gasteiger partial charge in [-0.3, -0.25) is 5.21 Å². The van der Waals surface area contributed by atoms with E-state index >= 15 is 0 Å². The van der Waals surface area contributed by atoms with Crippen LogP contribution in [0, 0.1) is 11.3 Å². The number of rotatable bonds is 2. The minimum absolute atomic E-state index is 0.0580. The molecule has 1 aromatic carbocycles. The first-order valence-corrected chi connectivity index (χ1v) is 6.85. The predicted octanol–water partition coefficient (Wildman–Crippen LogP) is 1.81. The molecule has 1 amide bonds. The van der Waals surface area contributed by atoms with E-state index in [1.54, 1.807) is 39.0 Å². The van der Waals surface area contributed by atoms with Crippen LogP contribution in [0.15, 0.2) is 18.2 Å². The molecule has 1 heterocycles. The number of amides is 1. The van der Waals surface area contributed by atoms with Gasteiger partial charge in [0.1, 0.15) is 5.75 Å². The van der Waals surface area contributed by atoms with Crippen LogP contribution in [-0.2, 0) is 11.2 Å². The summed E-state index contributed by atoms with van der Waals surface area (Å²) in [6.07, 6.45) is -1.17. The molecule has 7 nitrogen and oxygen atoms in total. The maximum absolute atomic E-state index is 11.8. The lowest BCUT2D eigenvalue weighted by atomic mass is 9.84.